The van der Waals surface area contributed by atoms with Gasteiger partial charge in [0.15, 0.2) is 0 Å². The van der Waals surface area contributed by atoms with Gasteiger partial charge in [0, 0.05) is 53.1 Å². The van der Waals surface area contributed by atoms with Crippen LogP contribution in [-0.2, 0) is 0 Å². The number of hydrogen-bond donors (Lipinski definition) is 0. The molecule has 3 aromatic heterocycles. The zero-order valence-corrected chi connectivity index (χ0v) is 28.4. The fourth-order valence-electron chi connectivity index (χ4n) is 8.17. The van der Waals surface area contributed by atoms with Crippen LogP contribution in [0.4, 0.5) is 0 Å². The van der Waals surface area contributed by atoms with Crippen LogP contribution in [0.15, 0.2) is 182 Å². The number of rotatable bonds is 4. The average molecular weight is 667 g/mol. The van der Waals surface area contributed by atoms with Gasteiger partial charge in [0.25, 0.3) is 0 Å². The lowest BCUT2D eigenvalue weighted by Crippen LogP contribution is -1.94. The summed E-state index contributed by atoms with van der Waals surface area (Å²) in [4.78, 5) is 0. The van der Waals surface area contributed by atoms with E-state index >= 15 is 0 Å². The maximum absolute atomic E-state index is 2.43. The maximum atomic E-state index is 2.43. The average Bonchev–Trinajstić information content (AvgIpc) is 3.85. The number of hydrogen-bond acceptors (Lipinski definition) is 1. The van der Waals surface area contributed by atoms with Crippen LogP contribution >= 0.6 is 11.3 Å². The van der Waals surface area contributed by atoms with Crippen LogP contribution in [0.3, 0.4) is 0 Å². The normalized spacial score (nSPS) is 11.9. The van der Waals surface area contributed by atoms with Gasteiger partial charge in [-0.05, 0) is 95.1 Å². The van der Waals surface area contributed by atoms with Crippen molar-refractivity contribution in [3.8, 4) is 33.6 Å². The number of aromatic nitrogens is 2. The minimum absolute atomic E-state index is 1.16. The third-order valence-electron chi connectivity index (χ3n) is 10.5. The highest BCUT2D eigenvalue weighted by Gasteiger charge is 2.17. The minimum Gasteiger partial charge on any atom is -0.309 e. The monoisotopic (exact) mass is 666 g/mol. The molecule has 0 unspecified atom stereocenters. The summed E-state index contributed by atoms with van der Waals surface area (Å²) in [6, 6.07) is 66.7. The lowest BCUT2D eigenvalue weighted by atomic mass is 10.0. The van der Waals surface area contributed by atoms with E-state index in [9.17, 15) is 0 Å². The predicted molar refractivity (Wildman–Crippen MR) is 219 cm³/mol. The van der Waals surface area contributed by atoms with Crippen molar-refractivity contribution in [3.05, 3.63) is 182 Å². The summed E-state index contributed by atoms with van der Waals surface area (Å²) in [5.41, 5.74) is 12.1. The second-order valence-electron chi connectivity index (χ2n) is 13.4. The van der Waals surface area contributed by atoms with Crippen molar-refractivity contribution in [3.63, 3.8) is 0 Å². The highest BCUT2D eigenvalue weighted by Crippen LogP contribution is 2.40. The van der Waals surface area contributed by atoms with Crippen LogP contribution in [0.2, 0.25) is 0 Å². The second kappa shape index (κ2) is 11.0. The van der Waals surface area contributed by atoms with Gasteiger partial charge in [0.05, 0.1) is 22.1 Å². The predicted octanol–water partition coefficient (Wildman–Crippen LogP) is 13.6. The molecule has 0 aliphatic carbocycles. The third kappa shape index (κ3) is 4.35. The van der Waals surface area contributed by atoms with Gasteiger partial charge >= 0.3 is 0 Å². The van der Waals surface area contributed by atoms with Gasteiger partial charge in [-0.15, -0.1) is 11.3 Å². The molecule has 0 atom stereocenters. The summed E-state index contributed by atoms with van der Waals surface area (Å²) in [7, 11) is 0. The highest BCUT2D eigenvalue weighted by atomic mass is 32.1. The molecule has 11 aromatic rings. The largest absolute Gasteiger partial charge is 0.309 e. The van der Waals surface area contributed by atoms with E-state index in [0.717, 1.165) is 5.69 Å². The van der Waals surface area contributed by atoms with Crippen molar-refractivity contribution < 1.29 is 0 Å². The first kappa shape index (κ1) is 28.4. The molecule has 0 fully saturated rings. The minimum atomic E-state index is 1.16. The fraction of sp³-hybridized carbons (Fsp3) is 0. The summed E-state index contributed by atoms with van der Waals surface area (Å²) in [5.74, 6) is 0. The molecular weight excluding hydrogens is 637 g/mol. The van der Waals surface area contributed by atoms with Gasteiger partial charge in [-0.1, -0.05) is 109 Å². The van der Waals surface area contributed by atoms with E-state index in [1.165, 1.54) is 91.7 Å². The Bertz CT molecular complexity index is 3140. The number of nitrogens with zero attached hydrogens (tertiary/aromatic N) is 2. The number of benzene rings is 8. The molecule has 0 saturated carbocycles. The zero-order chi connectivity index (χ0) is 33.5. The van der Waals surface area contributed by atoms with E-state index in [1.54, 1.807) is 0 Å². The van der Waals surface area contributed by atoms with Crippen molar-refractivity contribution in [2.24, 2.45) is 0 Å². The molecule has 0 bridgehead atoms. The number of para-hydroxylation sites is 2. The van der Waals surface area contributed by atoms with Gasteiger partial charge in [0.2, 0.25) is 0 Å². The van der Waals surface area contributed by atoms with Crippen molar-refractivity contribution >= 4 is 75.1 Å². The number of fused-ring (bicyclic) bond motifs is 9. The van der Waals surface area contributed by atoms with E-state index in [-0.39, 0.29) is 0 Å². The van der Waals surface area contributed by atoms with Gasteiger partial charge in [-0.3, -0.25) is 0 Å². The van der Waals surface area contributed by atoms with Crippen molar-refractivity contribution in [2.45, 2.75) is 0 Å². The van der Waals surface area contributed by atoms with Crippen LogP contribution in [0, 0.1) is 0 Å². The molecule has 0 radical (unpaired) electrons. The molecule has 0 spiro atoms. The van der Waals surface area contributed by atoms with E-state index in [4.69, 9.17) is 0 Å². The molecule has 0 N–H and O–H groups in total. The Balaban J connectivity index is 1.07. The van der Waals surface area contributed by atoms with Gasteiger partial charge < -0.3 is 9.13 Å². The lowest BCUT2D eigenvalue weighted by Gasteiger charge is -2.11. The Hall–Kier alpha value is -6.42. The molecule has 0 amide bonds. The molecule has 3 heterocycles. The Morgan fingerprint density at radius 1 is 0.275 bits per heavy atom. The molecule has 238 valence electrons. The van der Waals surface area contributed by atoms with Crippen LogP contribution in [0.25, 0.3) is 97.4 Å². The molecular formula is C48H30N2S. The van der Waals surface area contributed by atoms with Gasteiger partial charge in [0.1, 0.15) is 0 Å². The molecule has 51 heavy (non-hydrogen) atoms. The van der Waals surface area contributed by atoms with Crippen LogP contribution in [-0.4, -0.2) is 9.13 Å². The Kier molecular flexibility index (Phi) is 6.16. The molecule has 0 aliphatic heterocycles. The standard InChI is InChI=1S/C48H30N2S/c1-2-11-31(12-3-1)32-13-10-14-35(27-32)49-43-18-7-4-15-37(43)40-28-33(21-24-45(40)49)34-22-25-46-41(29-34)38-16-5-8-19-44(38)50(46)36-23-26-48-42(30-36)39-17-6-9-20-47(39)51-48/h1-30H. The van der Waals surface area contributed by atoms with Gasteiger partial charge in [-0.2, -0.15) is 0 Å². The summed E-state index contributed by atoms with van der Waals surface area (Å²) in [6.45, 7) is 0. The summed E-state index contributed by atoms with van der Waals surface area (Å²) in [5, 5.41) is 7.68. The summed E-state index contributed by atoms with van der Waals surface area (Å²) in [6.07, 6.45) is 0. The van der Waals surface area contributed by atoms with Crippen molar-refractivity contribution in [1.82, 2.24) is 9.13 Å². The lowest BCUT2D eigenvalue weighted by molar-refractivity contribution is 1.18. The molecule has 8 aromatic carbocycles. The molecule has 3 heteroatoms. The third-order valence-corrected chi connectivity index (χ3v) is 11.7. The molecule has 0 aliphatic rings. The Morgan fingerprint density at radius 3 is 1.47 bits per heavy atom. The number of thiophene rings is 1. The van der Waals surface area contributed by atoms with E-state index < -0.39 is 0 Å². The first-order valence-corrected chi connectivity index (χ1v) is 18.2. The summed E-state index contributed by atoms with van der Waals surface area (Å²) < 4.78 is 7.49. The molecule has 0 saturated heterocycles. The smallest absolute Gasteiger partial charge is 0.0541 e. The second-order valence-corrected chi connectivity index (χ2v) is 14.4. The maximum Gasteiger partial charge on any atom is 0.0541 e. The highest BCUT2D eigenvalue weighted by molar-refractivity contribution is 7.25. The van der Waals surface area contributed by atoms with Crippen LogP contribution in [0.5, 0.6) is 0 Å². The topological polar surface area (TPSA) is 9.86 Å². The first-order chi connectivity index (χ1) is 25.3. The first-order valence-electron chi connectivity index (χ1n) is 17.4. The fourth-order valence-corrected chi connectivity index (χ4v) is 9.26. The van der Waals surface area contributed by atoms with Crippen LogP contribution in [0.1, 0.15) is 0 Å². The van der Waals surface area contributed by atoms with E-state index in [1.807, 2.05) is 11.3 Å². The summed E-state index contributed by atoms with van der Waals surface area (Å²) >= 11 is 1.86. The Morgan fingerprint density at radius 2 is 0.784 bits per heavy atom. The van der Waals surface area contributed by atoms with E-state index in [2.05, 4.69) is 191 Å². The SMILES string of the molecule is c1ccc(-c2cccc(-n3c4ccccc4c4cc(-c5ccc6c(c5)c5ccccc5n6-c5ccc6sc7ccccc7c6c5)ccc43)c2)cc1. The molecule has 11 rings (SSSR count). The van der Waals surface area contributed by atoms with Crippen molar-refractivity contribution in [1.29, 1.82) is 0 Å². The zero-order valence-electron chi connectivity index (χ0n) is 27.6. The molecule has 2 nitrogen and oxygen atoms in total. The quantitative estimate of drug-likeness (QED) is 0.177. The van der Waals surface area contributed by atoms with Gasteiger partial charge in [-0.25, -0.2) is 0 Å². The van der Waals surface area contributed by atoms with Crippen LogP contribution < -0.4 is 0 Å². The van der Waals surface area contributed by atoms with E-state index in [0.29, 0.717) is 0 Å². The Labute approximate surface area is 298 Å². The van der Waals surface area contributed by atoms with Crippen molar-refractivity contribution in [2.75, 3.05) is 0 Å².